The molecule has 2 aromatic carbocycles. The lowest BCUT2D eigenvalue weighted by Gasteiger charge is -2.09. The number of urea groups is 1. The molecule has 0 heterocycles. The lowest BCUT2D eigenvalue weighted by Crippen LogP contribution is -2.24. The van der Waals surface area contributed by atoms with Gasteiger partial charge in [-0.05, 0) is 80.2 Å². The fourth-order valence-electron chi connectivity index (χ4n) is 1.97. The Kier molecular flexibility index (Phi) is 7.81. The van der Waals surface area contributed by atoms with Gasteiger partial charge in [-0.25, -0.2) is 15.0 Å². The molecule has 2 rings (SSSR count). The van der Waals surface area contributed by atoms with E-state index in [4.69, 9.17) is 9.84 Å². The molecule has 0 saturated carbocycles. The Hall–Kier alpha value is -1.91. The van der Waals surface area contributed by atoms with Crippen LogP contribution in [0.2, 0.25) is 0 Å². The normalized spacial score (nSPS) is 10.7. The second-order valence-corrected chi connectivity index (χ2v) is 7.85. The first kappa shape index (κ1) is 21.4. The number of aryl methyl sites for hydroxylation is 1. The average Bonchev–Trinajstić information content (AvgIpc) is 2.57. The first-order valence-electron chi connectivity index (χ1n) is 7.46. The van der Waals surface area contributed by atoms with Crippen LogP contribution in [0.1, 0.15) is 11.1 Å². The van der Waals surface area contributed by atoms with Crippen molar-refractivity contribution >= 4 is 71.7 Å². The van der Waals surface area contributed by atoms with Gasteiger partial charge in [0, 0.05) is 10.2 Å². The Bertz CT molecular complexity index is 880. The van der Waals surface area contributed by atoms with E-state index in [9.17, 15) is 9.59 Å². The molecule has 0 aliphatic rings. The molecule has 0 spiro atoms. The highest BCUT2D eigenvalue weighted by Crippen LogP contribution is 2.34. The number of anilines is 1. The van der Waals surface area contributed by atoms with E-state index in [1.807, 2.05) is 19.1 Å². The number of nitrogens with zero attached hydrogens (tertiary/aromatic N) is 1. The van der Waals surface area contributed by atoms with Gasteiger partial charge in [-0.1, -0.05) is 15.9 Å². The van der Waals surface area contributed by atoms with E-state index in [1.165, 1.54) is 6.21 Å². The van der Waals surface area contributed by atoms with Gasteiger partial charge in [0.25, 0.3) is 0 Å². The number of aliphatic carboxylic acids is 1. The van der Waals surface area contributed by atoms with Crippen LogP contribution < -0.4 is 15.5 Å². The number of hydrazone groups is 1. The Morgan fingerprint density at radius 3 is 2.41 bits per heavy atom. The molecule has 0 aromatic heterocycles. The van der Waals surface area contributed by atoms with Crippen LogP contribution in [0.5, 0.6) is 5.75 Å². The molecule has 2 aromatic rings. The third-order valence-corrected chi connectivity index (χ3v) is 5.22. The minimum atomic E-state index is -1.07. The van der Waals surface area contributed by atoms with Gasteiger partial charge in [0.1, 0.15) is 5.75 Å². The van der Waals surface area contributed by atoms with E-state index >= 15 is 0 Å². The van der Waals surface area contributed by atoms with Crippen molar-refractivity contribution in [3.05, 3.63) is 54.9 Å². The molecule has 10 heteroatoms. The molecule has 0 radical (unpaired) electrons. The van der Waals surface area contributed by atoms with Gasteiger partial charge in [-0.2, -0.15) is 5.10 Å². The van der Waals surface area contributed by atoms with Crippen molar-refractivity contribution in [2.75, 3.05) is 11.9 Å². The van der Waals surface area contributed by atoms with E-state index < -0.39 is 18.6 Å². The standard InChI is InChI=1S/C17H14Br3N3O4/c1-9-4-11(2-3-12(9)18)22-17(26)23-21-7-10-5-13(19)16(14(20)6-10)27-8-15(24)25/h2-7H,8H2,1H3,(H,24,25)(H2,22,23,26)/b21-7+. The third-order valence-electron chi connectivity index (χ3n) is 3.16. The Balaban J connectivity index is 1.97. The zero-order valence-corrected chi connectivity index (χ0v) is 18.7. The minimum absolute atomic E-state index is 0.367. The molecular weight excluding hydrogens is 550 g/mol. The van der Waals surface area contributed by atoms with Gasteiger partial charge in [-0.15, -0.1) is 0 Å². The maximum Gasteiger partial charge on any atom is 0.341 e. The lowest BCUT2D eigenvalue weighted by atomic mass is 10.2. The van der Waals surface area contributed by atoms with Gasteiger partial charge < -0.3 is 15.2 Å². The van der Waals surface area contributed by atoms with Crippen molar-refractivity contribution in [2.24, 2.45) is 5.10 Å². The van der Waals surface area contributed by atoms with E-state index in [2.05, 4.69) is 63.6 Å². The maximum atomic E-state index is 11.9. The highest BCUT2D eigenvalue weighted by Gasteiger charge is 2.10. The number of carbonyl (C=O) groups is 2. The molecule has 0 atom stereocenters. The number of nitrogens with one attached hydrogen (secondary N) is 2. The fraction of sp³-hybridized carbons (Fsp3) is 0.118. The number of hydrogen-bond donors (Lipinski definition) is 3. The summed E-state index contributed by atoms with van der Waals surface area (Å²) in [5, 5.41) is 15.3. The van der Waals surface area contributed by atoms with Crippen LogP contribution in [0.3, 0.4) is 0 Å². The summed E-state index contributed by atoms with van der Waals surface area (Å²) >= 11 is 10.0. The number of carboxylic acid groups (broad SMARTS) is 1. The van der Waals surface area contributed by atoms with Crippen LogP contribution in [-0.4, -0.2) is 29.9 Å². The number of carbonyl (C=O) groups excluding carboxylic acids is 1. The quantitative estimate of drug-likeness (QED) is 0.344. The van der Waals surface area contributed by atoms with Crippen molar-refractivity contribution in [2.45, 2.75) is 6.92 Å². The van der Waals surface area contributed by atoms with Crippen LogP contribution in [0.4, 0.5) is 10.5 Å². The van der Waals surface area contributed by atoms with Crippen LogP contribution in [0.15, 0.2) is 48.9 Å². The molecule has 0 bridgehead atoms. The maximum absolute atomic E-state index is 11.9. The van der Waals surface area contributed by atoms with Gasteiger partial charge >= 0.3 is 12.0 Å². The van der Waals surface area contributed by atoms with Crippen LogP contribution in [0, 0.1) is 6.92 Å². The third kappa shape index (κ3) is 6.64. The lowest BCUT2D eigenvalue weighted by molar-refractivity contribution is -0.139. The van der Waals surface area contributed by atoms with Crippen molar-refractivity contribution in [1.29, 1.82) is 0 Å². The van der Waals surface area contributed by atoms with E-state index in [1.54, 1.807) is 18.2 Å². The summed E-state index contributed by atoms with van der Waals surface area (Å²) in [5.41, 5.74) is 4.68. The molecule has 27 heavy (non-hydrogen) atoms. The van der Waals surface area contributed by atoms with Gasteiger partial charge in [-0.3, -0.25) is 0 Å². The first-order chi connectivity index (χ1) is 12.8. The molecule has 0 aliphatic carbocycles. The second-order valence-electron chi connectivity index (χ2n) is 5.28. The minimum Gasteiger partial charge on any atom is -0.480 e. The Morgan fingerprint density at radius 2 is 1.81 bits per heavy atom. The highest BCUT2D eigenvalue weighted by atomic mass is 79.9. The summed E-state index contributed by atoms with van der Waals surface area (Å²) < 4.78 is 7.25. The molecule has 3 N–H and O–H groups in total. The van der Waals surface area contributed by atoms with E-state index in [-0.39, 0.29) is 0 Å². The average molecular weight is 564 g/mol. The summed E-state index contributed by atoms with van der Waals surface area (Å²) in [6, 6.07) is 8.33. The summed E-state index contributed by atoms with van der Waals surface area (Å²) in [4.78, 5) is 22.5. The molecule has 0 unspecified atom stereocenters. The summed E-state index contributed by atoms with van der Waals surface area (Å²) in [6.45, 7) is 1.47. The molecule has 0 fully saturated rings. The van der Waals surface area contributed by atoms with Crippen LogP contribution in [-0.2, 0) is 4.79 Å². The van der Waals surface area contributed by atoms with Crippen molar-refractivity contribution in [3.8, 4) is 5.75 Å². The molecule has 0 aliphatic heterocycles. The topological polar surface area (TPSA) is 100 Å². The first-order valence-corrected chi connectivity index (χ1v) is 9.84. The number of ether oxygens (including phenoxy) is 1. The molecule has 2 amide bonds. The van der Waals surface area contributed by atoms with E-state index in [0.717, 1.165) is 10.0 Å². The summed E-state index contributed by atoms with van der Waals surface area (Å²) in [6.07, 6.45) is 1.45. The monoisotopic (exact) mass is 561 g/mol. The molecule has 142 valence electrons. The van der Waals surface area contributed by atoms with Crippen LogP contribution in [0.25, 0.3) is 0 Å². The largest absolute Gasteiger partial charge is 0.480 e. The zero-order valence-electron chi connectivity index (χ0n) is 13.9. The number of carboxylic acids is 1. The van der Waals surface area contributed by atoms with Gasteiger partial charge in [0.2, 0.25) is 0 Å². The smallest absolute Gasteiger partial charge is 0.341 e. The molecule has 0 saturated heterocycles. The zero-order chi connectivity index (χ0) is 20.0. The van der Waals surface area contributed by atoms with Crippen molar-refractivity contribution in [1.82, 2.24) is 5.43 Å². The highest BCUT2D eigenvalue weighted by molar-refractivity contribution is 9.11. The SMILES string of the molecule is Cc1cc(NC(=O)N/N=C/c2cc(Br)c(OCC(=O)O)c(Br)c2)ccc1Br. The Morgan fingerprint density at radius 1 is 1.15 bits per heavy atom. The van der Waals surface area contributed by atoms with Crippen molar-refractivity contribution in [3.63, 3.8) is 0 Å². The number of halogens is 3. The summed E-state index contributed by atoms with van der Waals surface area (Å²) in [7, 11) is 0. The van der Waals surface area contributed by atoms with Gasteiger partial charge in [0.05, 0.1) is 15.2 Å². The van der Waals surface area contributed by atoms with Gasteiger partial charge in [0.15, 0.2) is 6.61 Å². The Labute approximate surface area is 180 Å². The van der Waals surface area contributed by atoms with E-state index in [0.29, 0.717) is 25.9 Å². The predicted octanol–water partition coefficient (Wildman–Crippen LogP) is 4.90. The molecular formula is C17H14Br3N3O4. The predicted molar refractivity (Wildman–Crippen MR) is 114 cm³/mol. The second kappa shape index (κ2) is 9.86. The molecule has 7 nitrogen and oxygen atoms in total. The number of hydrogen-bond acceptors (Lipinski definition) is 4. The number of rotatable bonds is 6. The van der Waals surface area contributed by atoms with Crippen LogP contribution >= 0.6 is 47.8 Å². The summed E-state index contributed by atoms with van der Waals surface area (Å²) in [5.74, 6) is -0.707. The number of amides is 2. The fourth-order valence-corrected chi connectivity index (χ4v) is 3.67. The van der Waals surface area contributed by atoms with Crippen molar-refractivity contribution < 1.29 is 19.4 Å². The number of benzene rings is 2.